The molecule has 1 fully saturated rings. The van der Waals surface area contributed by atoms with Crippen LogP contribution in [-0.4, -0.2) is 25.6 Å². The van der Waals surface area contributed by atoms with Crippen LogP contribution in [0, 0.1) is 5.92 Å². The van der Waals surface area contributed by atoms with E-state index in [-0.39, 0.29) is 11.9 Å². The highest BCUT2D eigenvalue weighted by Crippen LogP contribution is 2.21. The Balaban J connectivity index is 2.00. The first kappa shape index (κ1) is 15.0. The summed E-state index contributed by atoms with van der Waals surface area (Å²) in [5, 5.41) is 6.34. The van der Waals surface area contributed by atoms with E-state index in [2.05, 4.69) is 17.6 Å². The Kier molecular flexibility index (Phi) is 5.56. The molecule has 20 heavy (non-hydrogen) atoms. The van der Waals surface area contributed by atoms with Crippen LogP contribution in [0.4, 0.5) is 5.69 Å². The van der Waals surface area contributed by atoms with Crippen molar-refractivity contribution < 1.29 is 9.53 Å². The fourth-order valence-electron chi connectivity index (χ4n) is 2.71. The van der Waals surface area contributed by atoms with Crippen LogP contribution < -0.4 is 10.6 Å². The van der Waals surface area contributed by atoms with Crippen LogP contribution >= 0.6 is 0 Å². The number of carbonyl (C=O) groups is 1. The number of hydrogen-bond donors (Lipinski definition) is 2. The van der Waals surface area contributed by atoms with Crippen molar-refractivity contribution in [1.82, 2.24) is 5.32 Å². The molecule has 0 spiro atoms. The second kappa shape index (κ2) is 7.41. The molecule has 1 aromatic carbocycles. The van der Waals surface area contributed by atoms with E-state index in [1.807, 2.05) is 24.3 Å². The summed E-state index contributed by atoms with van der Waals surface area (Å²) in [6.07, 6.45) is 3.24. The van der Waals surface area contributed by atoms with Crippen LogP contribution in [0.1, 0.15) is 31.7 Å². The number of benzene rings is 1. The second-order valence-electron chi connectivity index (χ2n) is 5.38. The SMILES string of the molecule is CCC1CCNC(C(=O)Nc2ccccc2COC)C1. The van der Waals surface area contributed by atoms with E-state index < -0.39 is 0 Å². The highest BCUT2D eigenvalue weighted by molar-refractivity contribution is 5.95. The molecule has 0 aromatic heterocycles. The van der Waals surface area contributed by atoms with E-state index in [1.54, 1.807) is 7.11 Å². The van der Waals surface area contributed by atoms with E-state index in [1.165, 1.54) is 6.42 Å². The van der Waals surface area contributed by atoms with Gasteiger partial charge in [-0.15, -0.1) is 0 Å². The summed E-state index contributed by atoms with van der Waals surface area (Å²) in [5.74, 6) is 0.716. The summed E-state index contributed by atoms with van der Waals surface area (Å²) in [7, 11) is 1.66. The Labute approximate surface area is 120 Å². The largest absolute Gasteiger partial charge is 0.380 e. The molecule has 2 atom stereocenters. The van der Waals surface area contributed by atoms with Gasteiger partial charge >= 0.3 is 0 Å². The van der Waals surface area contributed by atoms with Gasteiger partial charge in [-0.05, 0) is 31.4 Å². The Bertz CT molecular complexity index is 448. The summed E-state index contributed by atoms with van der Waals surface area (Å²) < 4.78 is 5.16. The molecule has 1 amide bonds. The monoisotopic (exact) mass is 276 g/mol. The van der Waals surface area contributed by atoms with Crippen molar-refractivity contribution in [2.45, 2.75) is 38.8 Å². The minimum atomic E-state index is -0.0794. The number of hydrogen-bond acceptors (Lipinski definition) is 3. The fourth-order valence-corrected chi connectivity index (χ4v) is 2.71. The molecule has 4 heteroatoms. The molecule has 1 aromatic rings. The third-order valence-corrected chi connectivity index (χ3v) is 3.98. The van der Waals surface area contributed by atoms with Gasteiger partial charge in [0.15, 0.2) is 0 Å². The summed E-state index contributed by atoms with van der Waals surface area (Å²) >= 11 is 0. The number of amides is 1. The van der Waals surface area contributed by atoms with Gasteiger partial charge in [0.05, 0.1) is 12.6 Å². The summed E-state index contributed by atoms with van der Waals surface area (Å²) in [6, 6.07) is 7.70. The zero-order valence-corrected chi connectivity index (χ0v) is 12.3. The number of piperidine rings is 1. The minimum absolute atomic E-state index is 0.0618. The average molecular weight is 276 g/mol. The number of carbonyl (C=O) groups excluding carboxylic acids is 1. The first-order chi connectivity index (χ1) is 9.74. The van der Waals surface area contributed by atoms with Crippen LogP contribution in [0.2, 0.25) is 0 Å². The zero-order valence-electron chi connectivity index (χ0n) is 12.3. The summed E-state index contributed by atoms with van der Waals surface area (Å²) in [4.78, 5) is 12.4. The second-order valence-corrected chi connectivity index (χ2v) is 5.38. The number of anilines is 1. The maximum absolute atomic E-state index is 12.4. The Morgan fingerprint density at radius 3 is 3.00 bits per heavy atom. The summed E-state index contributed by atoms with van der Waals surface area (Å²) in [6.45, 7) is 3.63. The smallest absolute Gasteiger partial charge is 0.241 e. The Morgan fingerprint density at radius 2 is 2.25 bits per heavy atom. The molecular formula is C16H24N2O2. The Hall–Kier alpha value is -1.39. The number of para-hydroxylation sites is 1. The van der Waals surface area contributed by atoms with Crippen molar-refractivity contribution in [2.24, 2.45) is 5.92 Å². The molecule has 4 nitrogen and oxygen atoms in total. The first-order valence-electron chi connectivity index (χ1n) is 7.35. The lowest BCUT2D eigenvalue weighted by atomic mass is 9.90. The third-order valence-electron chi connectivity index (χ3n) is 3.98. The van der Waals surface area contributed by atoms with E-state index in [4.69, 9.17) is 4.74 Å². The molecular weight excluding hydrogens is 252 g/mol. The van der Waals surface area contributed by atoms with Crippen LogP contribution in [0.15, 0.2) is 24.3 Å². The quantitative estimate of drug-likeness (QED) is 0.869. The van der Waals surface area contributed by atoms with Crippen molar-refractivity contribution in [3.05, 3.63) is 29.8 Å². The van der Waals surface area contributed by atoms with Crippen molar-refractivity contribution in [1.29, 1.82) is 0 Å². The first-order valence-corrected chi connectivity index (χ1v) is 7.35. The number of nitrogens with one attached hydrogen (secondary N) is 2. The molecule has 0 saturated carbocycles. The average Bonchev–Trinajstić information content (AvgIpc) is 2.49. The molecule has 1 aliphatic rings. The molecule has 110 valence electrons. The molecule has 0 aliphatic carbocycles. The third kappa shape index (κ3) is 3.81. The van der Waals surface area contributed by atoms with Gasteiger partial charge in [0.2, 0.25) is 5.91 Å². The lowest BCUT2D eigenvalue weighted by molar-refractivity contribution is -0.119. The van der Waals surface area contributed by atoms with Gasteiger partial charge in [0.25, 0.3) is 0 Å². The molecule has 0 bridgehead atoms. The highest BCUT2D eigenvalue weighted by atomic mass is 16.5. The van der Waals surface area contributed by atoms with Gasteiger partial charge in [0, 0.05) is 18.4 Å². The molecule has 2 N–H and O–H groups in total. The molecule has 1 saturated heterocycles. The lowest BCUT2D eigenvalue weighted by Crippen LogP contribution is -2.46. The maximum Gasteiger partial charge on any atom is 0.241 e. The Morgan fingerprint density at radius 1 is 1.45 bits per heavy atom. The molecule has 1 aliphatic heterocycles. The van der Waals surface area contributed by atoms with E-state index in [9.17, 15) is 4.79 Å². The standard InChI is InChI=1S/C16H24N2O2/c1-3-12-8-9-17-15(10-12)16(19)18-14-7-5-4-6-13(14)11-20-2/h4-7,12,15,17H,3,8-11H2,1-2H3,(H,18,19). The van der Waals surface area contributed by atoms with E-state index >= 15 is 0 Å². The predicted octanol–water partition coefficient (Wildman–Crippen LogP) is 2.55. The van der Waals surface area contributed by atoms with Gasteiger partial charge in [-0.1, -0.05) is 31.5 Å². The highest BCUT2D eigenvalue weighted by Gasteiger charge is 2.26. The fraction of sp³-hybridized carbons (Fsp3) is 0.562. The minimum Gasteiger partial charge on any atom is -0.380 e. The van der Waals surface area contributed by atoms with E-state index in [0.717, 1.165) is 30.6 Å². The lowest BCUT2D eigenvalue weighted by Gasteiger charge is -2.29. The molecule has 0 radical (unpaired) electrons. The van der Waals surface area contributed by atoms with Gasteiger partial charge in [-0.2, -0.15) is 0 Å². The van der Waals surface area contributed by atoms with Gasteiger partial charge in [0.1, 0.15) is 0 Å². The number of rotatable bonds is 5. The van der Waals surface area contributed by atoms with Gasteiger partial charge in [-0.25, -0.2) is 0 Å². The number of methoxy groups -OCH3 is 1. The van der Waals surface area contributed by atoms with Crippen LogP contribution in [-0.2, 0) is 16.1 Å². The molecule has 1 heterocycles. The number of ether oxygens (including phenoxy) is 1. The van der Waals surface area contributed by atoms with Crippen LogP contribution in [0.5, 0.6) is 0 Å². The van der Waals surface area contributed by atoms with Crippen molar-refractivity contribution in [2.75, 3.05) is 19.0 Å². The molecule has 2 unspecified atom stereocenters. The van der Waals surface area contributed by atoms with Gasteiger partial charge in [-0.3, -0.25) is 4.79 Å². The van der Waals surface area contributed by atoms with Crippen LogP contribution in [0.25, 0.3) is 0 Å². The molecule has 2 rings (SSSR count). The van der Waals surface area contributed by atoms with Gasteiger partial charge < -0.3 is 15.4 Å². The van der Waals surface area contributed by atoms with Crippen molar-refractivity contribution in [3.8, 4) is 0 Å². The van der Waals surface area contributed by atoms with Crippen molar-refractivity contribution >= 4 is 11.6 Å². The van der Waals surface area contributed by atoms with E-state index in [0.29, 0.717) is 12.5 Å². The summed E-state index contributed by atoms with van der Waals surface area (Å²) in [5.41, 5.74) is 1.85. The van der Waals surface area contributed by atoms with Crippen molar-refractivity contribution in [3.63, 3.8) is 0 Å². The topological polar surface area (TPSA) is 50.4 Å². The normalized spacial score (nSPS) is 22.5. The zero-order chi connectivity index (χ0) is 14.4. The maximum atomic E-state index is 12.4. The predicted molar refractivity (Wildman–Crippen MR) is 80.6 cm³/mol. The van der Waals surface area contributed by atoms with Crippen LogP contribution in [0.3, 0.4) is 0 Å².